The third kappa shape index (κ3) is 3.62. The van der Waals surface area contributed by atoms with Crippen LogP contribution in [0, 0.1) is 5.92 Å². The van der Waals surface area contributed by atoms with Crippen LogP contribution in [0.5, 0.6) is 5.75 Å². The average Bonchev–Trinajstić information content (AvgIpc) is 2.89. The van der Waals surface area contributed by atoms with Crippen LogP contribution in [0.4, 0.5) is 0 Å². The molecule has 1 aromatic heterocycles. The summed E-state index contributed by atoms with van der Waals surface area (Å²) in [5.74, 6) is 2.04. The summed E-state index contributed by atoms with van der Waals surface area (Å²) in [6.45, 7) is 1.16. The second kappa shape index (κ2) is 6.61. The van der Waals surface area contributed by atoms with Crippen LogP contribution in [0.1, 0.15) is 5.76 Å². The minimum atomic E-state index is 0.253. The van der Waals surface area contributed by atoms with Crippen molar-refractivity contribution in [1.29, 1.82) is 0 Å². The molecule has 1 atom stereocenters. The molecule has 0 spiro atoms. The Morgan fingerprint density at radius 3 is 2.72 bits per heavy atom. The number of ether oxygens (including phenoxy) is 1. The van der Waals surface area contributed by atoms with Gasteiger partial charge in [-0.25, -0.2) is 0 Å². The van der Waals surface area contributed by atoms with Crippen LogP contribution in [-0.2, 0) is 6.42 Å². The van der Waals surface area contributed by atoms with Crippen molar-refractivity contribution in [2.24, 2.45) is 11.7 Å². The van der Waals surface area contributed by atoms with Crippen molar-refractivity contribution in [3.63, 3.8) is 0 Å². The van der Waals surface area contributed by atoms with Crippen LogP contribution in [0.15, 0.2) is 51.6 Å². The zero-order valence-electron chi connectivity index (χ0n) is 10.0. The summed E-state index contributed by atoms with van der Waals surface area (Å²) in [4.78, 5) is 0. The van der Waals surface area contributed by atoms with Crippen LogP contribution in [0.25, 0.3) is 0 Å². The van der Waals surface area contributed by atoms with E-state index in [1.54, 1.807) is 6.26 Å². The van der Waals surface area contributed by atoms with Gasteiger partial charge >= 0.3 is 0 Å². The Labute approximate surface area is 115 Å². The largest absolute Gasteiger partial charge is 0.492 e. The van der Waals surface area contributed by atoms with E-state index in [4.69, 9.17) is 14.9 Å². The highest BCUT2D eigenvalue weighted by Gasteiger charge is 2.11. The standard InChI is InChI=1S/C14H16BrNO2/c15-13-5-1-2-6-14(13)18-10-11(9-16)8-12-4-3-7-17-12/h1-7,11H,8-10,16H2. The first-order chi connectivity index (χ1) is 8.79. The van der Waals surface area contributed by atoms with Crippen molar-refractivity contribution >= 4 is 15.9 Å². The van der Waals surface area contributed by atoms with Crippen LogP contribution < -0.4 is 10.5 Å². The number of benzene rings is 1. The lowest BCUT2D eigenvalue weighted by Gasteiger charge is -2.15. The number of furan rings is 1. The van der Waals surface area contributed by atoms with Gasteiger partial charge in [0.1, 0.15) is 11.5 Å². The lowest BCUT2D eigenvalue weighted by atomic mass is 10.1. The molecule has 2 rings (SSSR count). The molecule has 0 fully saturated rings. The molecule has 0 radical (unpaired) electrons. The number of hydrogen-bond donors (Lipinski definition) is 1. The predicted octanol–water partition coefficient (Wildman–Crippen LogP) is 3.24. The molecule has 1 unspecified atom stereocenters. The van der Waals surface area contributed by atoms with Crippen LogP contribution >= 0.6 is 15.9 Å². The van der Waals surface area contributed by atoms with Crippen molar-refractivity contribution in [2.45, 2.75) is 6.42 Å². The highest BCUT2D eigenvalue weighted by molar-refractivity contribution is 9.10. The van der Waals surface area contributed by atoms with Gasteiger partial charge in [0.25, 0.3) is 0 Å². The topological polar surface area (TPSA) is 48.4 Å². The number of halogens is 1. The summed E-state index contributed by atoms with van der Waals surface area (Å²) >= 11 is 3.45. The molecule has 0 saturated heterocycles. The van der Waals surface area contributed by atoms with Crippen molar-refractivity contribution in [3.05, 3.63) is 52.9 Å². The number of para-hydroxylation sites is 1. The molecule has 1 heterocycles. The molecule has 1 aromatic carbocycles. The van der Waals surface area contributed by atoms with Crippen molar-refractivity contribution in [2.75, 3.05) is 13.2 Å². The van der Waals surface area contributed by atoms with Crippen molar-refractivity contribution in [3.8, 4) is 5.75 Å². The third-order valence-electron chi connectivity index (χ3n) is 2.71. The second-order valence-corrected chi connectivity index (χ2v) is 4.98. The summed E-state index contributed by atoms with van der Waals surface area (Å²) in [7, 11) is 0. The van der Waals surface area contributed by atoms with Gasteiger partial charge in [-0.05, 0) is 46.7 Å². The Bertz CT molecular complexity index is 470. The lowest BCUT2D eigenvalue weighted by molar-refractivity contribution is 0.244. The van der Waals surface area contributed by atoms with Gasteiger partial charge in [0, 0.05) is 12.3 Å². The first-order valence-electron chi connectivity index (χ1n) is 5.89. The van der Waals surface area contributed by atoms with Gasteiger partial charge in [0.2, 0.25) is 0 Å². The third-order valence-corrected chi connectivity index (χ3v) is 3.37. The van der Waals surface area contributed by atoms with Crippen LogP contribution in [-0.4, -0.2) is 13.2 Å². The maximum Gasteiger partial charge on any atom is 0.133 e. The molecule has 0 saturated carbocycles. The highest BCUT2D eigenvalue weighted by Crippen LogP contribution is 2.24. The van der Waals surface area contributed by atoms with Crippen LogP contribution in [0.3, 0.4) is 0 Å². The van der Waals surface area contributed by atoms with Crippen LogP contribution in [0.2, 0.25) is 0 Å². The smallest absolute Gasteiger partial charge is 0.133 e. The van der Waals surface area contributed by atoms with E-state index in [2.05, 4.69) is 15.9 Å². The predicted molar refractivity (Wildman–Crippen MR) is 74.6 cm³/mol. The highest BCUT2D eigenvalue weighted by atomic mass is 79.9. The zero-order valence-corrected chi connectivity index (χ0v) is 11.6. The van der Waals surface area contributed by atoms with E-state index in [0.717, 1.165) is 22.4 Å². The summed E-state index contributed by atoms with van der Waals surface area (Å²) in [6.07, 6.45) is 2.48. The van der Waals surface area contributed by atoms with Gasteiger partial charge < -0.3 is 14.9 Å². The maximum atomic E-state index is 5.77. The zero-order chi connectivity index (χ0) is 12.8. The van der Waals surface area contributed by atoms with Crippen molar-refractivity contribution < 1.29 is 9.15 Å². The van der Waals surface area contributed by atoms with Gasteiger partial charge in [-0.1, -0.05) is 12.1 Å². The summed E-state index contributed by atoms with van der Waals surface area (Å²) in [5.41, 5.74) is 5.76. The molecule has 2 N–H and O–H groups in total. The van der Waals surface area contributed by atoms with Gasteiger partial charge in [0.15, 0.2) is 0 Å². The Kier molecular flexibility index (Phi) is 4.84. The van der Waals surface area contributed by atoms with E-state index in [-0.39, 0.29) is 5.92 Å². The minimum absolute atomic E-state index is 0.253. The lowest BCUT2D eigenvalue weighted by Crippen LogP contribution is -2.23. The summed E-state index contributed by atoms with van der Waals surface area (Å²) in [6, 6.07) is 11.6. The molecule has 4 heteroatoms. The van der Waals surface area contributed by atoms with Crippen molar-refractivity contribution in [1.82, 2.24) is 0 Å². The van der Waals surface area contributed by atoms with E-state index >= 15 is 0 Å². The Morgan fingerprint density at radius 1 is 1.22 bits per heavy atom. The maximum absolute atomic E-state index is 5.77. The van der Waals surface area contributed by atoms with Gasteiger partial charge in [0.05, 0.1) is 17.3 Å². The van der Waals surface area contributed by atoms with Gasteiger partial charge in [-0.3, -0.25) is 0 Å². The molecule has 0 aliphatic carbocycles. The fraction of sp³-hybridized carbons (Fsp3) is 0.286. The Morgan fingerprint density at radius 2 is 2.06 bits per heavy atom. The first kappa shape index (κ1) is 13.2. The number of rotatable bonds is 6. The molecule has 0 aliphatic heterocycles. The molecule has 0 amide bonds. The first-order valence-corrected chi connectivity index (χ1v) is 6.68. The van der Waals surface area contributed by atoms with E-state index in [0.29, 0.717) is 13.2 Å². The number of nitrogens with two attached hydrogens (primary N) is 1. The molecular formula is C14H16BrNO2. The molecule has 3 nitrogen and oxygen atoms in total. The van der Waals surface area contributed by atoms with E-state index in [1.165, 1.54) is 0 Å². The monoisotopic (exact) mass is 309 g/mol. The normalized spacial score (nSPS) is 12.3. The fourth-order valence-electron chi connectivity index (χ4n) is 1.69. The molecule has 2 aromatic rings. The SMILES string of the molecule is NCC(COc1ccccc1Br)Cc1ccco1. The Hall–Kier alpha value is -1.26. The van der Waals surface area contributed by atoms with Gasteiger partial charge in [-0.15, -0.1) is 0 Å². The van der Waals surface area contributed by atoms with E-state index < -0.39 is 0 Å². The summed E-state index contributed by atoms with van der Waals surface area (Å²) < 4.78 is 12.0. The molecule has 18 heavy (non-hydrogen) atoms. The number of hydrogen-bond acceptors (Lipinski definition) is 3. The average molecular weight is 310 g/mol. The molecule has 0 aliphatic rings. The fourth-order valence-corrected chi connectivity index (χ4v) is 2.09. The van der Waals surface area contributed by atoms with Gasteiger partial charge in [-0.2, -0.15) is 0 Å². The van der Waals surface area contributed by atoms with E-state index in [1.807, 2.05) is 36.4 Å². The molecular weight excluding hydrogens is 294 g/mol. The second-order valence-electron chi connectivity index (χ2n) is 4.13. The summed E-state index contributed by atoms with van der Waals surface area (Å²) in [5, 5.41) is 0. The molecule has 0 bridgehead atoms. The Balaban J connectivity index is 1.89. The minimum Gasteiger partial charge on any atom is -0.492 e. The quantitative estimate of drug-likeness (QED) is 0.891. The van der Waals surface area contributed by atoms with E-state index in [9.17, 15) is 0 Å². The molecule has 96 valence electrons.